The largest absolute Gasteiger partial charge is 0.481 e. The molecule has 0 aromatic rings. The van der Waals surface area contributed by atoms with E-state index in [2.05, 4.69) is 0 Å². The molecule has 0 spiro atoms. The number of Topliss-reactive ketones (excluding diaryl/α,β-unsaturated/α-hetero) is 1. The van der Waals surface area contributed by atoms with E-state index in [-0.39, 0.29) is 23.7 Å². The standard InChI is InChI=1S/C17H25NO4/c1-15(2)16(3)6-7-17(15,9-12(16)19)14(22)18-8-4-5-11(10-18)13(20)21/h11H,4-10H2,1-3H3,(H,20,21)/t11-,16-,17-/m1/s1. The van der Waals surface area contributed by atoms with E-state index in [1.54, 1.807) is 4.90 Å². The Labute approximate surface area is 131 Å². The van der Waals surface area contributed by atoms with E-state index in [1.807, 2.05) is 20.8 Å². The molecule has 1 amide bonds. The number of carboxylic acid groups (broad SMARTS) is 1. The molecule has 0 aromatic carbocycles. The maximum Gasteiger partial charge on any atom is 0.308 e. The average Bonchev–Trinajstić information content (AvgIpc) is 2.77. The molecule has 0 radical (unpaired) electrons. The third kappa shape index (κ3) is 1.68. The zero-order chi connectivity index (χ0) is 16.3. The van der Waals surface area contributed by atoms with E-state index in [0.717, 1.165) is 19.3 Å². The minimum absolute atomic E-state index is 0.0121. The normalized spacial score (nSPS) is 40.0. The van der Waals surface area contributed by atoms with Gasteiger partial charge in [0.15, 0.2) is 0 Å². The van der Waals surface area contributed by atoms with Crippen LogP contribution in [0, 0.1) is 22.2 Å². The van der Waals surface area contributed by atoms with E-state index < -0.39 is 22.7 Å². The highest BCUT2D eigenvalue weighted by atomic mass is 16.4. The van der Waals surface area contributed by atoms with Crippen molar-refractivity contribution in [3.05, 3.63) is 0 Å². The van der Waals surface area contributed by atoms with E-state index in [1.165, 1.54) is 0 Å². The number of fused-ring (bicyclic) bond motifs is 2. The van der Waals surface area contributed by atoms with Gasteiger partial charge in [0.1, 0.15) is 5.78 Å². The Morgan fingerprint density at radius 3 is 2.41 bits per heavy atom. The number of amides is 1. The summed E-state index contributed by atoms with van der Waals surface area (Å²) in [6.45, 7) is 6.98. The van der Waals surface area contributed by atoms with Crippen molar-refractivity contribution in [2.24, 2.45) is 22.2 Å². The van der Waals surface area contributed by atoms with Crippen LogP contribution in [-0.4, -0.2) is 40.8 Å². The molecule has 2 aliphatic carbocycles. The van der Waals surface area contributed by atoms with Crippen LogP contribution >= 0.6 is 0 Å². The molecule has 1 saturated heterocycles. The Balaban J connectivity index is 1.89. The quantitative estimate of drug-likeness (QED) is 0.847. The molecule has 3 fully saturated rings. The fourth-order valence-electron chi connectivity index (χ4n) is 5.00. The lowest BCUT2D eigenvalue weighted by molar-refractivity contribution is -0.153. The number of nitrogens with zero attached hydrogens (tertiary/aromatic N) is 1. The van der Waals surface area contributed by atoms with Crippen molar-refractivity contribution >= 4 is 17.7 Å². The van der Waals surface area contributed by atoms with Crippen LogP contribution in [0.1, 0.15) is 52.9 Å². The van der Waals surface area contributed by atoms with Gasteiger partial charge >= 0.3 is 5.97 Å². The summed E-state index contributed by atoms with van der Waals surface area (Å²) < 4.78 is 0. The topological polar surface area (TPSA) is 74.7 Å². The molecule has 122 valence electrons. The maximum absolute atomic E-state index is 13.2. The molecule has 1 aliphatic heterocycles. The zero-order valence-electron chi connectivity index (χ0n) is 13.6. The first-order chi connectivity index (χ1) is 10.2. The Kier molecular flexibility index (Phi) is 3.21. The van der Waals surface area contributed by atoms with E-state index >= 15 is 0 Å². The summed E-state index contributed by atoms with van der Waals surface area (Å²) in [5.41, 5.74) is -1.39. The number of rotatable bonds is 2. The fourth-order valence-corrected chi connectivity index (χ4v) is 5.00. The molecular weight excluding hydrogens is 282 g/mol. The van der Waals surface area contributed by atoms with Crippen LogP contribution in [0.5, 0.6) is 0 Å². The third-order valence-electron chi connectivity index (χ3n) is 7.17. The number of carbonyl (C=O) groups excluding carboxylic acids is 2. The Hall–Kier alpha value is -1.39. The number of hydrogen-bond acceptors (Lipinski definition) is 3. The van der Waals surface area contributed by atoms with Crippen molar-refractivity contribution in [3.63, 3.8) is 0 Å². The number of aliphatic carboxylic acids is 1. The lowest BCUT2D eigenvalue weighted by atomic mass is 9.64. The van der Waals surface area contributed by atoms with E-state index in [9.17, 15) is 19.5 Å². The summed E-state index contributed by atoms with van der Waals surface area (Å²) >= 11 is 0. The van der Waals surface area contributed by atoms with Crippen LogP contribution in [0.4, 0.5) is 0 Å². The van der Waals surface area contributed by atoms with Crippen molar-refractivity contribution in [3.8, 4) is 0 Å². The molecule has 3 rings (SSSR count). The van der Waals surface area contributed by atoms with Crippen LogP contribution in [0.2, 0.25) is 0 Å². The van der Waals surface area contributed by atoms with Gasteiger partial charge in [0, 0.05) is 24.9 Å². The molecule has 2 bridgehead atoms. The molecule has 1 N–H and O–H groups in total. The highest BCUT2D eigenvalue weighted by Crippen LogP contribution is 2.71. The van der Waals surface area contributed by atoms with Crippen molar-refractivity contribution in [1.29, 1.82) is 0 Å². The molecule has 22 heavy (non-hydrogen) atoms. The van der Waals surface area contributed by atoms with Crippen molar-refractivity contribution < 1.29 is 19.5 Å². The monoisotopic (exact) mass is 307 g/mol. The van der Waals surface area contributed by atoms with E-state index in [4.69, 9.17) is 0 Å². The van der Waals surface area contributed by atoms with Gasteiger partial charge in [-0.3, -0.25) is 14.4 Å². The van der Waals surface area contributed by atoms with Gasteiger partial charge in [-0.1, -0.05) is 20.8 Å². The predicted octanol–water partition coefficient (Wildman–Crippen LogP) is 2.10. The second kappa shape index (κ2) is 4.56. The number of carboxylic acids is 1. The van der Waals surface area contributed by atoms with E-state index in [0.29, 0.717) is 19.4 Å². The predicted molar refractivity (Wildman–Crippen MR) is 80.1 cm³/mol. The first-order valence-corrected chi connectivity index (χ1v) is 8.21. The van der Waals surface area contributed by atoms with Crippen LogP contribution in [0.15, 0.2) is 0 Å². The molecule has 3 atom stereocenters. The summed E-state index contributed by atoms with van der Waals surface area (Å²) in [6, 6.07) is 0. The molecular formula is C17H25NO4. The molecule has 5 heteroatoms. The van der Waals surface area contributed by atoms with Gasteiger partial charge < -0.3 is 10.0 Å². The van der Waals surface area contributed by atoms with Gasteiger partial charge in [0.2, 0.25) is 5.91 Å². The summed E-state index contributed by atoms with van der Waals surface area (Å²) in [6.07, 6.45) is 3.19. The number of hydrogen-bond donors (Lipinski definition) is 1. The molecule has 2 saturated carbocycles. The van der Waals surface area contributed by atoms with Gasteiger partial charge in [-0.15, -0.1) is 0 Å². The number of ketones is 1. The molecule has 5 nitrogen and oxygen atoms in total. The maximum atomic E-state index is 13.2. The third-order valence-corrected chi connectivity index (χ3v) is 7.17. The molecule has 1 heterocycles. The van der Waals surface area contributed by atoms with Crippen molar-refractivity contribution in [1.82, 2.24) is 4.90 Å². The summed E-state index contributed by atoms with van der Waals surface area (Å²) in [7, 11) is 0. The smallest absolute Gasteiger partial charge is 0.308 e. The van der Waals surface area contributed by atoms with Crippen LogP contribution in [0.3, 0.4) is 0 Å². The SMILES string of the molecule is CC1(C)[C@]2(C(=O)N3CCC[C@@H](C(=O)O)C3)CC[C@]1(C)C(=O)C2. The Bertz CT molecular complexity index is 555. The minimum Gasteiger partial charge on any atom is -0.481 e. The van der Waals surface area contributed by atoms with Gasteiger partial charge in [0.25, 0.3) is 0 Å². The van der Waals surface area contributed by atoms with Crippen LogP contribution in [0.25, 0.3) is 0 Å². The minimum atomic E-state index is -0.826. The van der Waals surface area contributed by atoms with Gasteiger partial charge in [-0.05, 0) is 31.1 Å². The number of piperidine rings is 1. The van der Waals surface area contributed by atoms with Gasteiger partial charge in [0.05, 0.1) is 11.3 Å². The summed E-state index contributed by atoms with van der Waals surface area (Å²) in [4.78, 5) is 38.7. The first-order valence-electron chi connectivity index (χ1n) is 8.21. The molecule has 3 aliphatic rings. The summed E-state index contributed by atoms with van der Waals surface area (Å²) in [5.74, 6) is -1.09. The highest BCUT2D eigenvalue weighted by Gasteiger charge is 2.73. The van der Waals surface area contributed by atoms with Crippen LogP contribution < -0.4 is 0 Å². The van der Waals surface area contributed by atoms with Crippen LogP contribution in [-0.2, 0) is 14.4 Å². The lowest BCUT2D eigenvalue weighted by Gasteiger charge is -2.43. The Morgan fingerprint density at radius 1 is 1.23 bits per heavy atom. The lowest BCUT2D eigenvalue weighted by Crippen LogP contribution is -2.52. The van der Waals surface area contributed by atoms with Crippen molar-refractivity contribution in [2.45, 2.75) is 52.9 Å². The molecule has 0 aromatic heterocycles. The zero-order valence-corrected chi connectivity index (χ0v) is 13.6. The fraction of sp³-hybridized carbons (Fsp3) is 0.824. The number of carbonyl (C=O) groups is 3. The van der Waals surface area contributed by atoms with Gasteiger partial charge in [-0.2, -0.15) is 0 Å². The molecule has 0 unspecified atom stereocenters. The highest BCUT2D eigenvalue weighted by molar-refractivity contribution is 5.99. The second-order valence-corrected chi connectivity index (χ2v) is 8.07. The first kappa shape index (κ1) is 15.5. The summed E-state index contributed by atoms with van der Waals surface area (Å²) in [5, 5.41) is 9.23. The average molecular weight is 307 g/mol. The van der Waals surface area contributed by atoms with Gasteiger partial charge in [-0.25, -0.2) is 0 Å². The van der Waals surface area contributed by atoms with Crippen molar-refractivity contribution in [2.75, 3.05) is 13.1 Å². The Morgan fingerprint density at radius 2 is 1.91 bits per heavy atom. The number of likely N-dealkylation sites (tertiary alicyclic amines) is 1. The second-order valence-electron chi connectivity index (χ2n) is 8.07.